The molecule has 0 atom stereocenters. The second kappa shape index (κ2) is 3.42. The molecule has 1 heterocycles. The van der Waals surface area contributed by atoms with Crippen LogP contribution in [0, 0.1) is 6.92 Å². The van der Waals surface area contributed by atoms with E-state index in [1.54, 1.807) is 12.5 Å². The van der Waals surface area contributed by atoms with Gasteiger partial charge in [-0.3, -0.25) is 0 Å². The Morgan fingerprint density at radius 1 is 1.23 bits per heavy atom. The van der Waals surface area contributed by atoms with Crippen LogP contribution >= 0.6 is 15.9 Å². The lowest BCUT2D eigenvalue weighted by molar-refractivity contribution is -0.0250. The van der Waals surface area contributed by atoms with Gasteiger partial charge in [-0.25, -0.2) is 0 Å². The maximum Gasteiger partial charge on any atom is 0.266 e. The lowest BCUT2D eigenvalue weighted by Gasteiger charge is -2.12. The van der Waals surface area contributed by atoms with E-state index in [0.29, 0.717) is 0 Å². The summed E-state index contributed by atoms with van der Waals surface area (Å²) in [5, 5.41) is 0. The van der Waals surface area contributed by atoms with Gasteiger partial charge in [0.1, 0.15) is 12.5 Å². The predicted octanol–water partition coefficient (Wildman–Crippen LogP) is 3.27. The molecule has 3 heteroatoms. The number of benzene rings is 1. The molecule has 2 nitrogen and oxygen atoms in total. The molecule has 1 aliphatic heterocycles. The van der Waals surface area contributed by atoms with Crippen LogP contribution in [0.15, 0.2) is 35.2 Å². The summed E-state index contributed by atoms with van der Waals surface area (Å²) < 4.78 is 11.6. The molecular weight excluding hydrogens is 232 g/mol. The van der Waals surface area contributed by atoms with Crippen LogP contribution in [0.3, 0.4) is 0 Å². The number of hydrogen-bond acceptors (Lipinski definition) is 2. The zero-order chi connectivity index (χ0) is 9.26. The molecular formula is C10H9BrO2. The van der Waals surface area contributed by atoms with E-state index < -0.39 is 0 Å². The minimum atomic E-state index is -0.270. The Kier molecular flexibility index (Phi) is 2.27. The lowest BCUT2D eigenvalue weighted by atomic mass is 10.1. The van der Waals surface area contributed by atoms with Gasteiger partial charge in [0.05, 0.1) is 0 Å². The highest BCUT2D eigenvalue weighted by Gasteiger charge is 2.17. The molecule has 1 aliphatic rings. The maximum atomic E-state index is 5.24. The molecule has 0 aliphatic carbocycles. The van der Waals surface area contributed by atoms with Crippen LogP contribution in [-0.2, 0) is 9.47 Å². The molecule has 0 saturated carbocycles. The van der Waals surface area contributed by atoms with Crippen molar-refractivity contribution in [3.8, 4) is 0 Å². The molecule has 0 unspecified atom stereocenters. The van der Waals surface area contributed by atoms with Gasteiger partial charge in [0, 0.05) is 10.0 Å². The number of ether oxygens (including phenoxy) is 2. The lowest BCUT2D eigenvalue weighted by Crippen LogP contribution is -2.00. The molecule has 0 spiro atoms. The van der Waals surface area contributed by atoms with Crippen LogP contribution < -0.4 is 0 Å². The van der Waals surface area contributed by atoms with Crippen molar-refractivity contribution in [2.45, 2.75) is 13.2 Å². The van der Waals surface area contributed by atoms with Crippen molar-refractivity contribution in [3.63, 3.8) is 0 Å². The molecule has 0 saturated heterocycles. The van der Waals surface area contributed by atoms with Crippen molar-refractivity contribution >= 4 is 15.9 Å². The van der Waals surface area contributed by atoms with E-state index in [4.69, 9.17) is 9.47 Å². The second-order valence-electron chi connectivity index (χ2n) is 2.88. The summed E-state index contributed by atoms with van der Waals surface area (Å²) in [5.74, 6) is 0. The van der Waals surface area contributed by atoms with E-state index in [0.717, 1.165) is 15.6 Å². The predicted molar refractivity (Wildman–Crippen MR) is 52.9 cm³/mol. The Morgan fingerprint density at radius 2 is 1.92 bits per heavy atom. The van der Waals surface area contributed by atoms with Crippen molar-refractivity contribution in [1.29, 1.82) is 0 Å². The minimum absolute atomic E-state index is 0.270. The summed E-state index contributed by atoms with van der Waals surface area (Å²) in [5.41, 5.74) is 2.22. The highest BCUT2D eigenvalue weighted by atomic mass is 79.9. The zero-order valence-corrected chi connectivity index (χ0v) is 8.74. The van der Waals surface area contributed by atoms with E-state index in [2.05, 4.69) is 15.9 Å². The molecule has 0 radical (unpaired) electrons. The monoisotopic (exact) mass is 240 g/mol. The first-order valence-electron chi connectivity index (χ1n) is 3.99. The SMILES string of the molecule is Cc1cc(Br)ccc1C1OC=CO1. The number of rotatable bonds is 1. The summed E-state index contributed by atoms with van der Waals surface area (Å²) in [7, 11) is 0. The van der Waals surface area contributed by atoms with E-state index in [-0.39, 0.29) is 6.29 Å². The van der Waals surface area contributed by atoms with Crippen LogP contribution in [0.4, 0.5) is 0 Å². The number of hydrogen-bond donors (Lipinski definition) is 0. The Morgan fingerprint density at radius 3 is 2.54 bits per heavy atom. The first-order chi connectivity index (χ1) is 6.27. The summed E-state index contributed by atoms with van der Waals surface area (Å²) in [6, 6.07) is 6.02. The van der Waals surface area contributed by atoms with Gasteiger partial charge in [-0.05, 0) is 24.6 Å². The molecule has 13 heavy (non-hydrogen) atoms. The fraction of sp³-hybridized carbons (Fsp3) is 0.200. The van der Waals surface area contributed by atoms with Gasteiger partial charge in [0.15, 0.2) is 0 Å². The summed E-state index contributed by atoms with van der Waals surface area (Å²) in [6.07, 6.45) is 2.85. The third kappa shape index (κ3) is 1.70. The molecule has 1 aromatic rings. The van der Waals surface area contributed by atoms with Crippen molar-refractivity contribution in [3.05, 3.63) is 46.3 Å². The van der Waals surface area contributed by atoms with Gasteiger partial charge in [-0.15, -0.1) is 0 Å². The van der Waals surface area contributed by atoms with Crippen molar-refractivity contribution in [1.82, 2.24) is 0 Å². The molecule has 1 aromatic carbocycles. The Balaban J connectivity index is 2.30. The molecule has 0 N–H and O–H groups in total. The van der Waals surface area contributed by atoms with Crippen molar-refractivity contribution < 1.29 is 9.47 Å². The highest BCUT2D eigenvalue weighted by molar-refractivity contribution is 9.10. The average Bonchev–Trinajstić information content (AvgIpc) is 2.56. The maximum absolute atomic E-state index is 5.24. The van der Waals surface area contributed by atoms with E-state index in [9.17, 15) is 0 Å². The number of halogens is 1. The third-order valence-electron chi connectivity index (χ3n) is 1.95. The van der Waals surface area contributed by atoms with Crippen LogP contribution in [0.1, 0.15) is 17.4 Å². The fourth-order valence-electron chi connectivity index (χ4n) is 1.29. The normalized spacial score (nSPS) is 15.5. The van der Waals surface area contributed by atoms with E-state index >= 15 is 0 Å². The summed E-state index contributed by atoms with van der Waals surface area (Å²) in [4.78, 5) is 0. The van der Waals surface area contributed by atoms with Gasteiger partial charge in [0.2, 0.25) is 0 Å². The molecule has 68 valence electrons. The van der Waals surface area contributed by atoms with E-state index in [1.807, 2.05) is 25.1 Å². The third-order valence-corrected chi connectivity index (χ3v) is 2.44. The Labute approximate surface area is 85.3 Å². The topological polar surface area (TPSA) is 18.5 Å². The molecule has 2 rings (SSSR count). The quantitative estimate of drug-likeness (QED) is 0.751. The van der Waals surface area contributed by atoms with Gasteiger partial charge in [-0.2, -0.15) is 0 Å². The molecule has 0 amide bonds. The van der Waals surface area contributed by atoms with Crippen LogP contribution in [-0.4, -0.2) is 0 Å². The van der Waals surface area contributed by atoms with E-state index in [1.165, 1.54) is 0 Å². The smallest absolute Gasteiger partial charge is 0.266 e. The van der Waals surface area contributed by atoms with Crippen LogP contribution in [0.25, 0.3) is 0 Å². The van der Waals surface area contributed by atoms with Crippen LogP contribution in [0.5, 0.6) is 0 Å². The van der Waals surface area contributed by atoms with Crippen molar-refractivity contribution in [2.75, 3.05) is 0 Å². The highest BCUT2D eigenvalue weighted by Crippen LogP contribution is 2.28. The summed E-state index contributed by atoms with van der Waals surface area (Å²) in [6.45, 7) is 2.03. The number of aryl methyl sites for hydroxylation is 1. The molecule has 0 aromatic heterocycles. The van der Waals surface area contributed by atoms with Gasteiger partial charge >= 0.3 is 0 Å². The second-order valence-corrected chi connectivity index (χ2v) is 3.79. The Bertz CT molecular complexity index is 339. The zero-order valence-electron chi connectivity index (χ0n) is 7.16. The Hall–Kier alpha value is -0.960. The van der Waals surface area contributed by atoms with Crippen molar-refractivity contribution in [2.24, 2.45) is 0 Å². The molecule has 0 fully saturated rings. The summed E-state index contributed by atoms with van der Waals surface area (Å²) >= 11 is 3.41. The average molecular weight is 241 g/mol. The van der Waals surface area contributed by atoms with Crippen LogP contribution in [0.2, 0.25) is 0 Å². The molecule has 0 bridgehead atoms. The fourth-order valence-corrected chi connectivity index (χ4v) is 1.76. The standard InChI is InChI=1S/C10H9BrO2/c1-7-6-8(11)2-3-9(7)10-12-4-5-13-10/h2-6,10H,1H3. The first kappa shape index (κ1) is 8.63. The van der Waals surface area contributed by atoms with Gasteiger partial charge in [-0.1, -0.05) is 22.0 Å². The largest absolute Gasteiger partial charge is 0.455 e. The van der Waals surface area contributed by atoms with Gasteiger partial charge < -0.3 is 9.47 Å². The van der Waals surface area contributed by atoms with Gasteiger partial charge in [0.25, 0.3) is 6.29 Å². The minimum Gasteiger partial charge on any atom is -0.455 e. The first-order valence-corrected chi connectivity index (χ1v) is 4.78.